The van der Waals surface area contributed by atoms with E-state index in [2.05, 4.69) is 23.3 Å². The van der Waals surface area contributed by atoms with Crippen LogP contribution >= 0.6 is 12.6 Å². The number of phenols is 1. The van der Waals surface area contributed by atoms with Gasteiger partial charge in [0.15, 0.2) is 0 Å². The molecule has 248 valence electrons. The molecule has 3 atom stereocenters. The highest BCUT2D eigenvalue weighted by Gasteiger charge is 2.44. The van der Waals surface area contributed by atoms with E-state index in [0.717, 1.165) is 5.56 Å². The maximum atomic E-state index is 14.4. The van der Waals surface area contributed by atoms with Crippen molar-refractivity contribution in [2.24, 2.45) is 0 Å². The van der Waals surface area contributed by atoms with Crippen LogP contribution in [0.25, 0.3) is 0 Å². The highest BCUT2D eigenvalue weighted by atomic mass is 32.1. The zero-order chi connectivity index (χ0) is 34.2. The first-order valence-corrected chi connectivity index (χ1v) is 15.7. The third-order valence-corrected chi connectivity index (χ3v) is 7.30. The Morgan fingerprint density at radius 3 is 1.87 bits per heavy atom. The number of aromatic hydroxyl groups is 1. The molecule has 2 aromatic rings. The lowest BCUT2D eigenvalue weighted by molar-refractivity contribution is -0.159. The molecule has 3 amide bonds. The van der Waals surface area contributed by atoms with Gasteiger partial charge in [-0.15, -0.1) is 0 Å². The number of nitrogens with zero attached hydrogens (tertiary/aromatic N) is 1. The van der Waals surface area contributed by atoms with Gasteiger partial charge in [-0.1, -0.05) is 49.4 Å². The quantitative estimate of drug-likeness (QED) is 0.181. The predicted octanol–water partition coefficient (Wildman–Crippen LogP) is 5.34. The number of alkyl carbamates (subject to hydrolysis) is 1. The molecular formula is C34H49N3O7S. The minimum atomic E-state index is -1.27. The molecule has 0 bridgehead atoms. The first-order chi connectivity index (χ1) is 20.8. The Balaban J connectivity index is 2.63. The van der Waals surface area contributed by atoms with Gasteiger partial charge in [0, 0.05) is 17.7 Å². The van der Waals surface area contributed by atoms with Crippen molar-refractivity contribution >= 4 is 36.5 Å². The monoisotopic (exact) mass is 643 g/mol. The fourth-order valence-electron chi connectivity index (χ4n) is 4.49. The van der Waals surface area contributed by atoms with Gasteiger partial charge >= 0.3 is 12.1 Å². The Morgan fingerprint density at radius 2 is 1.38 bits per heavy atom. The predicted molar refractivity (Wildman–Crippen MR) is 177 cm³/mol. The maximum Gasteiger partial charge on any atom is 0.408 e. The van der Waals surface area contributed by atoms with E-state index in [0.29, 0.717) is 12.0 Å². The summed E-state index contributed by atoms with van der Waals surface area (Å²) in [6.45, 7) is 15.8. The smallest absolute Gasteiger partial charge is 0.408 e. The molecule has 0 fully saturated rings. The molecule has 0 aliphatic heterocycles. The number of thiol groups is 1. The van der Waals surface area contributed by atoms with Crippen LogP contribution < -0.4 is 10.6 Å². The molecule has 2 aromatic carbocycles. The van der Waals surface area contributed by atoms with E-state index in [1.165, 1.54) is 17.0 Å². The zero-order valence-electron chi connectivity index (χ0n) is 27.8. The number of esters is 1. The van der Waals surface area contributed by atoms with Crippen LogP contribution in [0.3, 0.4) is 0 Å². The van der Waals surface area contributed by atoms with Crippen LogP contribution in [-0.2, 0) is 30.3 Å². The third kappa shape index (κ3) is 11.6. The highest BCUT2D eigenvalue weighted by molar-refractivity contribution is 7.80. The van der Waals surface area contributed by atoms with Crippen LogP contribution in [0.5, 0.6) is 5.75 Å². The van der Waals surface area contributed by atoms with E-state index in [4.69, 9.17) is 9.47 Å². The maximum absolute atomic E-state index is 14.4. The van der Waals surface area contributed by atoms with Crippen molar-refractivity contribution in [3.63, 3.8) is 0 Å². The van der Waals surface area contributed by atoms with Gasteiger partial charge in [-0.05, 0) is 85.1 Å². The average molecular weight is 644 g/mol. The van der Waals surface area contributed by atoms with Crippen molar-refractivity contribution in [1.82, 2.24) is 15.5 Å². The fraction of sp³-hybridized carbons (Fsp3) is 0.529. The lowest BCUT2D eigenvalue weighted by Gasteiger charge is -2.44. The Kier molecular flexibility index (Phi) is 12.9. The third-order valence-electron chi connectivity index (χ3n) is 6.93. The fourth-order valence-corrected chi connectivity index (χ4v) is 4.74. The van der Waals surface area contributed by atoms with Crippen LogP contribution in [0.15, 0.2) is 54.6 Å². The molecule has 45 heavy (non-hydrogen) atoms. The first-order valence-electron chi connectivity index (χ1n) is 15.1. The van der Waals surface area contributed by atoms with Gasteiger partial charge in [0.2, 0.25) is 11.8 Å². The molecule has 2 rings (SSSR count). The molecule has 0 spiro atoms. The van der Waals surface area contributed by atoms with Gasteiger partial charge in [0.25, 0.3) is 0 Å². The summed E-state index contributed by atoms with van der Waals surface area (Å²) >= 11 is 4.35. The van der Waals surface area contributed by atoms with Crippen LogP contribution in [0, 0.1) is 0 Å². The van der Waals surface area contributed by atoms with Crippen LogP contribution in [-0.4, -0.2) is 68.5 Å². The number of hydrogen-bond acceptors (Lipinski definition) is 8. The van der Waals surface area contributed by atoms with Crippen molar-refractivity contribution in [3.05, 3.63) is 65.7 Å². The number of benzene rings is 2. The molecule has 3 unspecified atom stereocenters. The van der Waals surface area contributed by atoms with E-state index >= 15 is 0 Å². The van der Waals surface area contributed by atoms with Gasteiger partial charge in [-0.2, -0.15) is 12.6 Å². The summed E-state index contributed by atoms with van der Waals surface area (Å²) in [4.78, 5) is 56.3. The summed E-state index contributed by atoms with van der Waals surface area (Å²) in [7, 11) is 0. The second kappa shape index (κ2) is 15.5. The molecular weight excluding hydrogens is 594 g/mol. The molecule has 11 heteroatoms. The molecule has 10 nitrogen and oxygen atoms in total. The van der Waals surface area contributed by atoms with Crippen molar-refractivity contribution in [3.8, 4) is 5.75 Å². The molecule has 0 aliphatic rings. The van der Waals surface area contributed by atoms with E-state index in [9.17, 15) is 24.3 Å². The number of phenolic OH excluding ortho intramolecular Hbond substituents is 1. The average Bonchev–Trinajstić information content (AvgIpc) is 2.93. The lowest BCUT2D eigenvalue weighted by atomic mass is 9.91. The minimum Gasteiger partial charge on any atom is -0.508 e. The van der Waals surface area contributed by atoms with Gasteiger partial charge in [-0.3, -0.25) is 9.59 Å². The second-order valence-electron chi connectivity index (χ2n) is 13.5. The second-order valence-corrected chi connectivity index (χ2v) is 13.9. The summed E-state index contributed by atoms with van der Waals surface area (Å²) in [5.74, 6) is -1.95. The van der Waals surface area contributed by atoms with Gasteiger partial charge in [0.1, 0.15) is 35.1 Å². The number of hydrogen-bond donors (Lipinski definition) is 4. The van der Waals surface area contributed by atoms with Crippen LogP contribution in [0.1, 0.15) is 85.9 Å². The lowest BCUT2D eigenvalue weighted by Crippen LogP contribution is -2.60. The van der Waals surface area contributed by atoms with Crippen LogP contribution in [0.2, 0.25) is 0 Å². The Bertz CT molecular complexity index is 1300. The summed E-state index contributed by atoms with van der Waals surface area (Å²) in [6, 6.07) is 11.6. The van der Waals surface area contributed by atoms with Crippen molar-refractivity contribution in [2.75, 3.05) is 5.75 Å². The van der Waals surface area contributed by atoms with Gasteiger partial charge < -0.3 is 30.1 Å². The highest BCUT2D eigenvalue weighted by Crippen LogP contribution is 2.33. The summed E-state index contributed by atoms with van der Waals surface area (Å²) in [6.07, 6.45) is -0.220. The minimum absolute atomic E-state index is 0.0268. The Labute approximate surface area is 272 Å². The topological polar surface area (TPSA) is 134 Å². The molecule has 3 N–H and O–H groups in total. The molecule has 0 aliphatic carbocycles. The van der Waals surface area contributed by atoms with E-state index in [-0.39, 0.29) is 17.9 Å². The van der Waals surface area contributed by atoms with E-state index < -0.39 is 58.7 Å². The van der Waals surface area contributed by atoms with Gasteiger partial charge in [-0.25, -0.2) is 9.59 Å². The van der Waals surface area contributed by atoms with Gasteiger partial charge in [0.05, 0.1) is 0 Å². The Hall–Kier alpha value is -3.73. The van der Waals surface area contributed by atoms with Crippen molar-refractivity contribution < 1.29 is 33.8 Å². The number of ether oxygens (including phenoxy) is 2. The number of carbonyl (C=O) groups excluding carboxylic acids is 4. The molecule has 0 saturated heterocycles. The van der Waals surface area contributed by atoms with Crippen LogP contribution in [0.4, 0.5) is 4.79 Å². The number of rotatable bonds is 12. The van der Waals surface area contributed by atoms with Crippen molar-refractivity contribution in [1.29, 1.82) is 0 Å². The Morgan fingerprint density at radius 1 is 0.822 bits per heavy atom. The van der Waals surface area contributed by atoms with Crippen molar-refractivity contribution in [2.45, 2.75) is 110 Å². The standard InChI is InChI=1S/C34H49N3O7S/c1-10-34(8,9)37(29(40)26(21-45)36-31(42)44-33(5,6)7)27(23-16-18-24(38)19-17-23)28(39)35-25(30(41)43-32(2,3)4)20-22-14-12-11-13-15-22/h11-19,25-27,38,45H,10,20-21H2,1-9H3,(H,35,39)(H,36,42). The largest absolute Gasteiger partial charge is 0.508 e. The molecule has 0 radical (unpaired) electrons. The molecule has 0 heterocycles. The summed E-state index contributed by atoms with van der Waals surface area (Å²) in [5, 5.41) is 15.5. The number of amides is 3. The first kappa shape index (κ1) is 37.5. The number of nitrogens with one attached hydrogen (secondary N) is 2. The summed E-state index contributed by atoms with van der Waals surface area (Å²) < 4.78 is 11.1. The normalized spacial score (nSPS) is 14.0. The summed E-state index contributed by atoms with van der Waals surface area (Å²) in [5.41, 5.74) is -1.35. The number of carbonyl (C=O) groups is 4. The zero-order valence-corrected chi connectivity index (χ0v) is 28.7. The van der Waals surface area contributed by atoms with E-state index in [1.807, 2.05) is 51.1 Å². The SMILES string of the molecule is CCC(C)(C)N(C(=O)C(CS)NC(=O)OC(C)(C)C)C(C(=O)NC(Cc1ccccc1)C(=O)OC(C)(C)C)c1ccc(O)cc1. The molecule has 0 saturated carbocycles. The molecule has 0 aromatic heterocycles. The van der Waals surface area contributed by atoms with E-state index in [1.54, 1.807) is 53.7 Å².